The maximum absolute atomic E-state index is 12.8. The smallest absolute Gasteiger partial charge is 0.254 e. The molecule has 1 fully saturated rings. The Kier molecular flexibility index (Phi) is 5.80. The normalized spacial score (nSPS) is 14.0. The van der Waals surface area contributed by atoms with Crippen LogP contribution in [0.2, 0.25) is 0 Å². The predicted octanol–water partition coefficient (Wildman–Crippen LogP) is 2.35. The first-order valence-electron chi connectivity index (χ1n) is 8.38. The van der Waals surface area contributed by atoms with E-state index in [4.69, 9.17) is 4.74 Å². The first kappa shape index (κ1) is 17.9. The summed E-state index contributed by atoms with van der Waals surface area (Å²) in [4.78, 5) is 26.0. The summed E-state index contributed by atoms with van der Waals surface area (Å²) in [6, 6.07) is 12.6. The first-order chi connectivity index (χ1) is 12.6. The van der Waals surface area contributed by atoms with E-state index in [1.807, 2.05) is 0 Å². The van der Waals surface area contributed by atoms with Crippen molar-refractivity contribution in [2.45, 2.75) is 0 Å². The van der Waals surface area contributed by atoms with Gasteiger partial charge in [-0.2, -0.15) is 0 Å². The zero-order chi connectivity index (χ0) is 18.4. The average molecular weight is 357 g/mol. The van der Waals surface area contributed by atoms with Gasteiger partial charge in [0.15, 0.2) is 0 Å². The van der Waals surface area contributed by atoms with Crippen LogP contribution in [-0.2, 0) is 9.53 Å². The number of nitrogens with one attached hydrogen (secondary N) is 2. The number of carbonyl (C=O) groups excluding carboxylic acids is 2. The fourth-order valence-corrected chi connectivity index (χ4v) is 2.60. The number of halogens is 1. The number of anilines is 2. The van der Waals surface area contributed by atoms with Crippen LogP contribution in [0.25, 0.3) is 0 Å². The third-order valence-electron chi connectivity index (χ3n) is 4.01. The maximum Gasteiger partial charge on any atom is 0.254 e. The summed E-state index contributed by atoms with van der Waals surface area (Å²) in [5, 5.41) is 5.66. The number of carbonyl (C=O) groups is 2. The summed E-state index contributed by atoms with van der Waals surface area (Å²) in [6.45, 7) is 2.39. The molecule has 0 aromatic heterocycles. The summed E-state index contributed by atoms with van der Waals surface area (Å²) in [6.07, 6.45) is 0. The minimum absolute atomic E-state index is 0.0195. The summed E-state index contributed by atoms with van der Waals surface area (Å²) in [7, 11) is 0. The molecule has 3 rings (SSSR count). The summed E-state index contributed by atoms with van der Waals surface area (Å²) in [5.41, 5.74) is 1.87. The Balaban J connectivity index is 1.50. The molecule has 0 aliphatic carbocycles. The molecule has 1 aliphatic heterocycles. The number of amides is 2. The van der Waals surface area contributed by atoms with Crippen molar-refractivity contribution in [3.63, 3.8) is 0 Å². The SMILES string of the molecule is O=C(CNc1ccc(C(=O)N2CCOCC2)cc1)Nc1ccc(F)cc1. The van der Waals surface area contributed by atoms with Crippen molar-refractivity contribution in [2.24, 2.45) is 0 Å². The molecule has 0 bridgehead atoms. The van der Waals surface area contributed by atoms with E-state index in [2.05, 4.69) is 10.6 Å². The van der Waals surface area contributed by atoms with Crippen molar-refractivity contribution in [1.29, 1.82) is 0 Å². The van der Waals surface area contributed by atoms with Gasteiger partial charge < -0.3 is 20.3 Å². The Hall–Kier alpha value is -2.93. The molecule has 2 aromatic carbocycles. The van der Waals surface area contributed by atoms with Crippen LogP contribution in [0.3, 0.4) is 0 Å². The van der Waals surface area contributed by atoms with Gasteiger partial charge in [-0.1, -0.05) is 0 Å². The molecule has 7 heteroatoms. The zero-order valence-corrected chi connectivity index (χ0v) is 14.2. The number of morpholine rings is 1. The molecular formula is C19H20FN3O3. The van der Waals surface area contributed by atoms with Crippen molar-refractivity contribution in [2.75, 3.05) is 43.5 Å². The van der Waals surface area contributed by atoms with Crippen molar-refractivity contribution >= 4 is 23.2 Å². The molecular weight excluding hydrogens is 337 g/mol. The van der Waals surface area contributed by atoms with Gasteiger partial charge in [0, 0.05) is 30.0 Å². The first-order valence-corrected chi connectivity index (χ1v) is 8.38. The topological polar surface area (TPSA) is 70.7 Å². The minimum atomic E-state index is -0.354. The third-order valence-corrected chi connectivity index (χ3v) is 4.01. The molecule has 0 atom stereocenters. The Morgan fingerprint density at radius 2 is 1.58 bits per heavy atom. The molecule has 1 aliphatic rings. The number of hydrogen-bond donors (Lipinski definition) is 2. The second-order valence-corrected chi connectivity index (χ2v) is 5.89. The molecule has 0 saturated carbocycles. The molecule has 2 N–H and O–H groups in total. The van der Waals surface area contributed by atoms with E-state index in [0.29, 0.717) is 37.6 Å². The summed E-state index contributed by atoms with van der Waals surface area (Å²) < 4.78 is 18.1. The molecule has 1 heterocycles. The molecule has 136 valence electrons. The molecule has 0 spiro atoms. The highest BCUT2D eigenvalue weighted by Crippen LogP contribution is 2.13. The van der Waals surface area contributed by atoms with E-state index in [9.17, 15) is 14.0 Å². The van der Waals surface area contributed by atoms with Gasteiger partial charge >= 0.3 is 0 Å². The Bertz CT molecular complexity index is 757. The number of ether oxygens (including phenoxy) is 1. The van der Waals surface area contributed by atoms with Gasteiger partial charge in [0.2, 0.25) is 5.91 Å². The van der Waals surface area contributed by atoms with Crippen LogP contribution in [0.15, 0.2) is 48.5 Å². The van der Waals surface area contributed by atoms with Crippen LogP contribution in [-0.4, -0.2) is 49.6 Å². The molecule has 0 radical (unpaired) electrons. The Morgan fingerprint density at radius 1 is 0.962 bits per heavy atom. The highest BCUT2D eigenvalue weighted by molar-refractivity contribution is 5.95. The molecule has 2 aromatic rings. The molecule has 2 amide bonds. The van der Waals surface area contributed by atoms with Crippen LogP contribution < -0.4 is 10.6 Å². The highest BCUT2D eigenvalue weighted by atomic mass is 19.1. The van der Waals surface area contributed by atoms with Crippen LogP contribution in [0.5, 0.6) is 0 Å². The zero-order valence-electron chi connectivity index (χ0n) is 14.2. The van der Waals surface area contributed by atoms with Crippen LogP contribution >= 0.6 is 0 Å². The lowest BCUT2D eigenvalue weighted by atomic mass is 10.1. The maximum atomic E-state index is 12.8. The number of benzene rings is 2. The van der Waals surface area contributed by atoms with Crippen molar-refractivity contribution < 1.29 is 18.7 Å². The summed E-state index contributed by atoms with van der Waals surface area (Å²) >= 11 is 0. The monoisotopic (exact) mass is 357 g/mol. The van der Waals surface area contributed by atoms with Gasteiger partial charge in [-0.25, -0.2) is 4.39 Å². The van der Waals surface area contributed by atoms with Crippen molar-refractivity contribution in [1.82, 2.24) is 4.90 Å². The minimum Gasteiger partial charge on any atom is -0.378 e. The Labute approximate surface area is 150 Å². The lowest BCUT2D eigenvalue weighted by Crippen LogP contribution is -2.40. The van der Waals surface area contributed by atoms with E-state index in [-0.39, 0.29) is 24.2 Å². The average Bonchev–Trinajstić information content (AvgIpc) is 2.69. The van der Waals surface area contributed by atoms with Crippen LogP contribution in [0, 0.1) is 5.82 Å². The van der Waals surface area contributed by atoms with Gasteiger partial charge in [-0.15, -0.1) is 0 Å². The van der Waals surface area contributed by atoms with Gasteiger partial charge in [0.1, 0.15) is 5.82 Å². The number of rotatable bonds is 5. The van der Waals surface area contributed by atoms with E-state index < -0.39 is 0 Å². The largest absolute Gasteiger partial charge is 0.378 e. The van der Waals surface area contributed by atoms with Crippen LogP contribution in [0.1, 0.15) is 10.4 Å². The van der Waals surface area contributed by atoms with Gasteiger partial charge in [0.05, 0.1) is 19.8 Å². The fraction of sp³-hybridized carbons (Fsp3) is 0.263. The second kappa shape index (κ2) is 8.44. The van der Waals surface area contributed by atoms with E-state index in [1.165, 1.54) is 24.3 Å². The third kappa shape index (κ3) is 4.80. The van der Waals surface area contributed by atoms with Crippen molar-refractivity contribution in [3.8, 4) is 0 Å². The van der Waals surface area contributed by atoms with Gasteiger partial charge in [0.25, 0.3) is 5.91 Å². The molecule has 26 heavy (non-hydrogen) atoms. The van der Waals surface area contributed by atoms with Crippen LogP contribution in [0.4, 0.5) is 15.8 Å². The standard InChI is InChI=1S/C19H20FN3O3/c20-15-3-7-17(8-4-15)22-18(24)13-21-16-5-1-14(2-6-16)19(25)23-9-11-26-12-10-23/h1-8,21H,9-13H2,(H,22,24). The highest BCUT2D eigenvalue weighted by Gasteiger charge is 2.18. The molecule has 1 saturated heterocycles. The predicted molar refractivity (Wildman–Crippen MR) is 96.7 cm³/mol. The number of hydrogen-bond acceptors (Lipinski definition) is 4. The number of nitrogens with zero attached hydrogens (tertiary/aromatic N) is 1. The van der Waals surface area contributed by atoms with Crippen molar-refractivity contribution in [3.05, 3.63) is 59.9 Å². The lowest BCUT2D eigenvalue weighted by Gasteiger charge is -2.26. The van der Waals surface area contributed by atoms with Gasteiger partial charge in [-0.05, 0) is 48.5 Å². The van der Waals surface area contributed by atoms with E-state index in [0.717, 1.165) is 5.69 Å². The fourth-order valence-electron chi connectivity index (χ4n) is 2.60. The van der Waals surface area contributed by atoms with E-state index in [1.54, 1.807) is 29.2 Å². The quantitative estimate of drug-likeness (QED) is 0.862. The van der Waals surface area contributed by atoms with E-state index >= 15 is 0 Å². The second-order valence-electron chi connectivity index (χ2n) is 5.89. The Morgan fingerprint density at radius 3 is 2.23 bits per heavy atom. The lowest BCUT2D eigenvalue weighted by molar-refractivity contribution is -0.114. The van der Waals surface area contributed by atoms with Gasteiger partial charge in [-0.3, -0.25) is 9.59 Å². The summed E-state index contributed by atoms with van der Waals surface area (Å²) in [5.74, 6) is -0.619. The molecule has 0 unspecified atom stereocenters. The molecule has 6 nitrogen and oxygen atoms in total.